The molecule has 116 valence electrons. The zero-order valence-electron chi connectivity index (χ0n) is 13.4. The summed E-state index contributed by atoms with van der Waals surface area (Å²) in [6.07, 6.45) is 6.03. The van der Waals surface area contributed by atoms with Crippen molar-refractivity contribution in [2.24, 2.45) is 5.92 Å². The number of hydrogen-bond acceptors (Lipinski definition) is 3. The summed E-state index contributed by atoms with van der Waals surface area (Å²) in [4.78, 5) is 17.1. The quantitative estimate of drug-likeness (QED) is 0.776. The molecule has 2 heterocycles. The molecule has 3 atom stereocenters. The highest BCUT2D eigenvalue weighted by molar-refractivity contribution is 5.84. The van der Waals surface area contributed by atoms with E-state index >= 15 is 0 Å². The molecule has 1 amide bonds. The molecule has 0 spiro atoms. The first-order valence-electron chi connectivity index (χ1n) is 8.44. The molecule has 1 N–H and O–H groups in total. The summed E-state index contributed by atoms with van der Waals surface area (Å²) < 4.78 is 0. The van der Waals surface area contributed by atoms with E-state index in [0.717, 1.165) is 32.4 Å². The number of likely N-dealkylation sites (tertiary alicyclic amines) is 1. The molecule has 0 aromatic carbocycles. The Morgan fingerprint density at radius 3 is 2.55 bits per heavy atom. The van der Waals surface area contributed by atoms with Gasteiger partial charge in [-0.25, -0.2) is 0 Å². The van der Waals surface area contributed by atoms with Crippen molar-refractivity contribution in [2.45, 2.75) is 65.1 Å². The molecule has 2 rings (SSSR count). The fourth-order valence-electron chi connectivity index (χ4n) is 3.57. The zero-order chi connectivity index (χ0) is 14.5. The van der Waals surface area contributed by atoms with Gasteiger partial charge < -0.3 is 9.80 Å². The predicted octanol–water partition coefficient (Wildman–Crippen LogP) is 2.05. The van der Waals surface area contributed by atoms with E-state index in [1.807, 2.05) is 0 Å². The molecule has 2 saturated heterocycles. The number of amides is 1. The standard InChI is InChI=1S/C16H31N3O/c1-4-8-15-17-14(5-2)16(20)19(15)12-13(3)11-18-9-6-7-10-18/h13-15,17H,4-12H2,1-3H3. The van der Waals surface area contributed by atoms with Crippen LogP contribution in [0.4, 0.5) is 0 Å². The van der Waals surface area contributed by atoms with E-state index in [-0.39, 0.29) is 12.2 Å². The molecule has 2 aliphatic heterocycles. The summed E-state index contributed by atoms with van der Waals surface area (Å²) in [6, 6.07) is 0.0468. The Morgan fingerprint density at radius 2 is 1.95 bits per heavy atom. The van der Waals surface area contributed by atoms with E-state index < -0.39 is 0 Å². The van der Waals surface area contributed by atoms with E-state index in [1.165, 1.54) is 25.9 Å². The fourth-order valence-corrected chi connectivity index (χ4v) is 3.57. The van der Waals surface area contributed by atoms with Gasteiger partial charge in [0.1, 0.15) is 0 Å². The highest BCUT2D eigenvalue weighted by atomic mass is 16.2. The molecule has 0 aliphatic carbocycles. The van der Waals surface area contributed by atoms with Crippen molar-refractivity contribution in [1.82, 2.24) is 15.1 Å². The second-order valence-electron chi connectivity index (χ2n) is 6.54. The molecule has 0 bridgehead atoms. The van der Waals surface area contributed by atoms with Crippen molar-refractivity contribution in [3.05, 3.63) is 0 Å². The molecular weight excluding hydrogens is 250 g/mol. The molecule has 3 unspecified atom stereocenters. The first-order valence-corrected chi connectivity index (χ1v) is 8.44. The summed E-state index contributed by atoms with van der Waals surface area (Å²) in [7, 11) is 0. The van der Waals surface area contributed by atoms with Crippen LogP contribution in [0.3, 0.4) is 0 Å². The number of carbonyl (C=O) groups excluding carboxylic acids is 1. The van der Waals surface area contributed by atoms with Crippen LogP contribution < -0.4 is 5.32 Å². The highest BCUT2D eigenvalue weighted by Gasteiger charge is 2.37. The minimum absolute atomic E-state index is 0.0468. The summed E-state index contributed by atoms with van der Waals surface area (Å²) in [5, 5.41) is 3.50. The first-order chi connectivity index (χ1) is 9.65. The van der Waals surface area contributed by atoms with Crippen molar-refractivity contribution >= 4 is 5.91 Å². The Bertz CT molecular complexity index is 315. The van der Waals surface area contributed by atoms with Crippen LogP contribution in [0, 0.1) is 5.92 Å². The topological polar surface area (TPSA) is 35.6 Å². The second-order valence-corrected chi connectivity index (χ2v) is 6.54. The number of carbonyl (C=O) groups is 1. The Balaban J connectivity index is 1.88. The fraction of sp³-hybridized carbons (Fsp3) is 0.938. The molecule has 20 heavy (non-hydrogen) atoms. The molecule has 2 fully saturated rings. The third-order valence-electron chi connectivity index (χ3n) is 4.60. The third kappa shape index (κ3) is 3.73. The van der Waals surface area contributed by atoms with Gasteiger partial charge in [-0.1, -0.05) is 27.2 Å². The number of nitrogens with zero attached hydrogens (tertiary/aromatic N) is 2. The minimum Gasteiger partial charge on any atom is -0.325 e. The molecular formula is C16H31N3O. The van der Waals surface area contributed by atoms with Crippen molar-refractivity contribution in [3.63, 3.8) is 0 Å². The summed E-state index contributed by atoms with van der Waals surface area (Å²) in [6.45, 7) is 11.1. The van der Waals surface area contributed by atoms with Crippen LogP contribution in [0.5, 0.6) is 0 Å². The normalized spacial score (nSPS) is 29.4. The van der Waals surface area contributed by atoms with Crippen LogP contribution in [-0.4, -0.2) is 54.1 Å². The van der Waals surface area contributed by atoms with E-state index in [9.17, 15) is 4.79 Å². The molecule has 0 saturated carbocycles. The van der Waals surface area contributed by atoms with Crippen LogP contribution in [0.25, 0.3) is 0 Å². The van der Waals surface area contributed by atoms with E-state index in [0.29, 0.717) is 11.8 Å². The zero-order valence-corrected chi connectivity index (χ0v) is 13.4. The predicted molar refractivity (Wildman–Crippen MR) is 82.5 cm³/mol. The molecule has 4 nitrogen and oxygen atoms in total. The lowest BCUT2D eigenvalue weighted by molar-refractivity contribution is -0.130. The van der Waals surface area contributed by atoms with Crippen LogP contribution in [-0.2, 0) is 4.79 Å². The summed E-state index contributed by atoms with van der Waals surface area (Å²) in [5.74, 6) is 0.882. The lowest BCUT2D eigenvalue weighted by atomic mass is 10.1. The van der Waals surface area contributed by atoms with E-state index in [2.05, 4.69) is 35.9 Å². The maximum Gasteiger partial charge on any atom is 0.241 e. The largest absolute Gasteiger partial charge is 0.325 e. The molecule has 0 aromatic rings. The highest BCUT2D eigenvalue weighted by Crippen LogP contribution is 2.19. The van der Waals surface area contributed by atoms with Crippen LogP contribution in [0.15, 0.2) is 0 Å². The van der Waals surface area contributed by atoms with Gasteiger partial charge in [-0.15, -0.1) is 0 Å². The van der Waals surface area contributed by atoms with Crippen LogP contribution >= 0.6 is 0 Å². The SMILES string of the molecule is CCCC1NC(CC)C(=O)N1CC(C)CN1CCCC1. The van der Waals surface area contributed by atoms with Gasteiger partial charge in [0, 0.05) is 13.1 Å². The second kappa shape index (κ2) is 7.41. The molecule has 4 heteroatoms. The van der Waals surface area contributed by atoms with Crippen LogP contribution in [0.1, 0.15) is 52.9 Å². The summed E-state index contributed by atoms with van der Waals surface area (Å²) in [5.41, 5.74) is 0. The van der Waals surface area contributed by atoms with Gasteiger partial charge in [-0.3, -0.25) is 10.1 Å². The van der Waals surface area contributed by atoms with Crippen molar-refractivity contribution in [2.75, 3.05) is 26.2 Å². The lowest BCUT2D eigenvalue weighted by Gasteiger charge is -2.29. The van der Waals surface area contributed by atoms with Gasteiger partial charge in [-0.05, 0) is 44.7 Å². The number of nitrogens with one attached hydrogen (secondary N) is 1. The molecule has 2 aliphatic rings. The maximum absolute atomic E-state index is 12.4. The Morgan fingerprint density at radius 1 is 1.25 bits per heavy atom. The summed E-state index contributed by atoms with van der Waals surface area (Å²) >= 11 is 0. The number of hydrogen-bond donors (Lipinski definition) is 1. The average molecular weight is 281 g/mol. The van der Waals surface area contributed by atoms with Crippen molar-refractivity contribution in [3.8, 4) is 0 Å². The smallest absolute Gasteiger partial charge is 0.241 e. The third-order valence-corrected chi connectivity index (χ3v) is 4.60. The Labute approximate surface area is 123 Å². The maximum atomic E-state index is 12.4. The minimum atomic E-state index is 0.0468. The van der Waals surface area contributed by atoms with Gasteiger partial charge in [0.2, 0.25) is 5.91 Å². The van der Waals surface area contributed by atoms with Crippen molar-refractivity contribution in [1.29, 1.82) is 0 Å². The van der Waals surface area contributed by atoms with Crippen molar-refractivity contribution < 1.29 is 4.79 Å². The first kappa shape index (κ1) is 15.8. The molecule has 0 radical (unpaired) electrons. The number of rotatable bonds is 7. The molecule has 0 aromatic heterocycles. The Kier molecular flexibility index (Phi) is 5.85. The monoisotopic (exact) mass is 281 g/mol. The average Bonchev–Trinajstić information content (AvgIpc) is 3.02. The Hall–Kier alpha value is -0.610. The van der Waals surface area contributed by atoms with Gasteiger partial charge >= 0.3 is 0 Å². The van der Waals surface area contributed by atoms with Gasteiger partial charge in [0.15, 0.2) is 0 Å². The van der Waals surface area contributed by atoms with Gasteiger partial charge in [0.25, 0.3) is 0 Å². The van der Waals surface area contributed by atoms with E-state index in [1.54, 1.807) is 0 Å². The van der Waals surface area contributed by atoms with Gasteiger partial charge in [-0.2, -0.15) is 0 Å². The lowest BCUT2D eigenvalue weighted by Crippen LogP contribution is -2.42. The van der Waals surface area contributed by atoms with Crippen LogP contribution in [0.2, 0.25) is 0 Å². The van der Waals surface area contributed by atoms with Gasteiger partial charge in [0.05, 0.1) is 12.2 Å². The van der Waals surface area contributed by atoms with E-state index in [4.69, 9.17) is 0 Å².